The highest BCUT2D eigenvalue weighted by atomic mass is 32.2. The molecule has 0 atom stereocenters. The molecule has 0 radical (unpaired) electrons. The van der Waals surface area contributed by atoms with E-state index in [9.17, 15) is 0 Å². The summed E-state index contributed by atoms with van der Waals surface area (Å²) in [6.07, 6.45) is 4.17. The minimum atomic E-state index is 0.881. The van der Waals surface area contributed by atoms with Gasteiger partial charge in [-0.1, -0.05) is 13.8 Å². The van der Waals surface area contributed by atoms with Crippen molar-refractivity contribution in [1.29, 1.82) is 0 Å². The lowest BCUT2D eigenvalue weighted by Crippen LogP contribution is -2.10. The Balaban J connectivity index is 2.99. The van der Waals surface area contributed by atoms with Gasteiger partial charge in [0.05, 0.1) is 5.75 Å². The Morgan fingerprint density at radius 3 is 2.56 bits per heavy atom. The second kappa shape index (κ2) is 6.74. The molecule has 1 aromatic rings. The van der Waals surface area contributed by atoms with Crippen LogP contribution in [-0.2, 0) is 12.2 Å². The number of hydrogen-bond donors (Lipinski definition) is 1. The quantitative estimate of drug-likeness (QED) is 0.828. The van der Waals surface area contributed by atoms with Crippen LogP contribution in [0.15, 0.2) is 0 Å². The molecule has 16 heavy (non-hydrogen) atoms. The molecular formula is C12H21N3S. The minimum absolute atomic E-state index is 0.881. The van der Waals surface area contributed by atoms with Gasteiger partial charge >= 0.3 is 0 Å². The van der Waals surface area contributed by atoms with Gasteiger partial charge in [-0.2, -0.15) is 11.8 Å². The van der Waals surface area contributed by atoms with Crippen LogP contribution in [0.2, 0.25) is 0 Å². The van der Waals surface area contributed by atoms with Crippen molar-refractivity contribution in [2.24, 2.45) is 0 Å². The number of rotatable bonds is 6. The van der Waals surface area contributed by atoms with E-state index < -0.39 is 0 Å². The number of anilines is 1. The molecule has 3 nitrogen and oxygen atoms in total. The highest BCUT2D eigenvalue weighted by molar-refractivity contribution is 7.97. The molecular weight excluding hydrogens is 218 g/mol. The largest absolute Gasteiger partial charge is 0.370 e. The summed E-state index contributed by atoms with van der Waals surface area (Å²) >= 11 is 1.76. The average Bonchev–Trinajstić information content (AvgIpc) is 2.26. The number of thioether (sulfide) groups is 1. The van der Waals surface area contributed by atoms with Crippen LogP contribution in [0.4, 0.5) is 5.82 Å². The fraction of sp³-hybridized carbons (Fsp3) is 0.667. The van der Waals surface area contributed by atoms with E-state index in [1.165, 1.54) is 5.56 Å². The Morgan fingerprint density at radius 1 is 1.25 bits per heavy atom. The predicted octanol–water partition coefficient (Wildman–Crippen LogP) is 3.03. The molecule has 0 aliphatic heterocycles. The van der Waals surface area contributed by atoms with Gasteiger partial charge in [-0.3, -0.25) is 0 Å². The second-order valence-electron chi connectivity index (χ2n) is 3.77. The molecule has 1 heterocycles. The van der Waals surface area contributed by atoms with Crippen molar-refractivity contribution in [3.05, 3.63) is 17.1 Å². The fourth-order valence-corrected chi connectivity index (χ4v) is 2.05. The van der Waals surface area contributed by atoms with Crippen LogP contribution >= 0.6 is 11.8 Å². The van der Waals surface area contributed by atoms with Gasteiger partial charge in [0, 0.05) is 17.8 Å². The van der Waals surface area contributed by atoms with Gasteiger partial charge in [0.15, 0.2) is 0 Å². The standard InChI is InChI=1S/C12H21N3S/c1-5-7-13-12-10(6-2)9(3)14-11(15-12)8-16-4/h5-8H2,1-4H3,(H,13,14,15). The monoisotopic (exact) mass is 239 g/mol. The zero-order valence-electron chi connectivity index (χ0n) is 10.6. The topological polar surface area (TPSA) is 37.8 Å². The molecule has 90 valence electrons. The van der Waals surface area contributed by atoms with Crippen molar-refractivity contribution in [2.45, 2.75) is 39.4 Å². The maximum Gasteiger partial charge on any atom is 0.140 e. The summed E-state index contributed by atoms with van der Waals surface area (Å²) in [5, 5.41) is 3.39. The van der Waals surface area contributed by atoms with E-state index in [1.807, 2.05) is 0 Å². The van der Waals surface area contributed by atoms with Crippen molar-refractivity contribution in [1.82, 2.24) is 9.97 Å². The molecule has 0 bridgehead atoms. The minimum Gasteiger partial charge on any atom is -0.370 e. The van der Waals surface area contributed by atoms with Crippen molar-refractivity contribution in [2.75, 3.05) is 18.1 Å². The molecule has 0 fully saturated rings. The van der Waals surface area contributed by atoms with Crippen molar-refractivity contribution in [3.63, 3.8) is 0 Å². The third kappa shape index (κ3) is 3.37. The smallest absolute Gasteiger partial charge is 0.140 e. The normalized spacial score (nSPS) is 10.5. The van der Waals surface area contributed by atoms with E-state index in [4.69, 9.17) is 0 Å². The Labute approximate surface area is 102 Å². The van der Waals surface area contributed by atoms with Gasteiger partial charge < -0.3 is 5.32 Å². The summed E-state index contributed by atoms with van der Waals surface area (Å²) < 4.78 is 0. The Morgan fingerprint density at radius 2 is 2.00 bits per heavy atom. The molecule has 1 aromatic heterocycles. The van der Waals surface area contributed by atoms with Crippen LogP contribution in [0.3, 0.4) is 0 Å². The Hall–Kier alpha value is -0.770. The summed E-state index contributed by atoms with van der Waals surface area (Å²) in [7, 11) is 0. The maximum atomic E-state index is 4.59. The van der Waals surface area contributed by atoms with Crippen molar-refractivity contribution >= 4 is 17.6 Å². The van der Waals surface area contributed by atoms with E-state index in [1.54, 1.807) is 11.8 Å². The van der Waals surface area contributed by atoms with Gasteiger partial charge in [0.2, 0.25) is 0 Å². The Kier molecular flexibility index (Phi) is 5.60. The number of aromatic nitrogens is 2. The van der Waals surface area contributed by atoms with Gasteiger partial charge in [0.25, 0.3) is 0 Å². The number of nitrogens with one attached hydrogen (secondary N) is 1. The number of nitrogens with zero attached hydrogens (tertiary/aromatic N) is 2. The first-order valence-corrected chi connectivity index (χ1v) is 7.21. The van der Waals surface area contributed by atoms with E-state index in [-0.39, 0.29) is 0 Å². The molecule has 4 heteroatoms. The lowest BCUT2D eigenvalue weighted by atomic mass is 10.1. The van der Waals surface area contributed by atoms with Gasteiger partial charge in [-0.25, -0.2) is 9.97 Å². The molecule has 0 amide bonds. The lowest BCUT2D eigenvalue weighted by Gasteiger charge is -2.13. The molecule has 1 rings (SSSR count). The average molecular weight is 239 g/mol. The van der Waals surface area contributed by atoms with Crippen LogP contribution < -0.4 is 5.32 Å². The first-order valence-electron chi connectivity index (χ1n) is 5.82. The van der Waals surface area contributed by atoms with Crippen LogP contribution in [0, 0.1) is 6.92 Å². The summed E-state index contributed by atoms with van der Waals surface area (Å²) in [5.74, 6) is 2.84. The Bertz CT molecular complexity index is 339. The molecule has 0 saturated carbocycles. The molecule has 0 aliphatic carbocycles. The van der Waals surface area contributed by atoms with Crippen molar-refractivity contribution in [3.8, 4) is 0 Å². The fourth-order valence-electron chi connectivity index (χ4n) is 1.66. The first-order chi connectivity index (χ1) is 7.72. The predicted molar refractivity (Wildman–Crippen MR) is 72.1 cm³/mol. The van der Waals surface area contributed by atoms with Crippen molar-refractivity contribution < 1.29 is 0 Å². The number of hydrogen-bond acceptors (Lipinski definition) is 4. The third-order valence-corrected chi connectivity index (χ3v) is 2.98. The zero-order valence-corrected chi connectivity index (χ0v) is 11.4. The van der Waals surface area contributed by atoms with Crippen LogP contribution in [0.1, 0.15) is 37.4 Å². The molecule has 0 aliphatic rings. The lowest BCUT2D eigenvalue weighted by molar-refractivity contribution is 0.908. The summed E-state index contributed by atoms with van der Waals surface area (Å²) in [4.78, 5) is 9.12. The molecule has 1 N–H and O–H groups in total. The van der Waals surface area contributed by atoms with E-state index in [0.29, 0.717) is 0 Å². The molecule has 0 aromatic carbocycles. The zero-order chi connectivity index (χ0) is 12.0. The van der Waals surface area contributed by atoms with E-state index in [2.05, 4.69) is 42.3 Å². The summed E-state index contributed by atoms with van der Waals surface area (Å²) in [6, 6.07) is 0. The highest BCUT2D eigenvalue weighted by Gasteiger charge is 2.09. The van der Waals surface area contributed by atoms with E-state index >= 15 is 0 Å². The van der Waals surface area contributed by atoms with Crippen LogP contribution in [0.5, 0.6) is 0 Å². The van der Waals surface area contributed by atoms with Crippen LogP contribution in [-0.4, -0.2) is 22.8 Å². The number of aryl methyl sites for hydroxylation is 1. The van der Waals surface area contributed by atoms with Gasteiger partial charge in [-0.05, 0) is 26.0 Å². The maximum absolute atomic E-state index is 4.59. The third-order valence-electron chi connectivity index (χ3n) is 2.43. The van der Waals surface area contributed by atoms with E-state index in [0.717, 1.165) is 42.5 Å². The van der Waals surface area contributed by atoms with Gasteiger partial charge in [0.1, 0.15) is 11.6 Å². The van der Waals surface area contributed by atoms with Crippen LogP contribution in [0.25, 0.3) is 0 Å². The SMILES string of the molecule is CCCNc1nc(CSC)nc(C)c1CC. The first kappa shape index (κ1) is 13.3. The highest BCUT2D eigenvalue weighted by Crippen LogP contribution is 2.18. The molecule has 0 spiro atoms. The summed E-state index contributed by atoms with van der Waals surface area (Å²) in [6.45, 7) is 7.36. The summed E-state index contributed by atoms with van der Waals surface area (Å²) in [5.41, 5.74) is 2.36. The molecule has 0 unspecified atom stereocenters. The van der Waals surface area contributed by atoms with Gasteiger partial charge in [-0.15, -0.1) is 0 Å². The molecule has 0 saturated heterocycles. The second-order valence-corrected chi connectivity index (χ2v) is 4.63.